The van der Waals surface area contributed by atoms with Gasteiger partial charge in [-0.2, -0.15) is 13.2 Å². The molecular weight excluding hydrogens is 503 g/mol. The molecule has 6 nitrogen and oxygen atoms in total. The van der Waals surface area contributed by atoms with Gasteiger partial charge in [0.05, 0.1) is 27.3 Å². The molecule has 35 heavy (non-hydrogen) atoms. The van der Waals surface area contributed by atoms with Gasteiger partial charge in [0.25, 0.3) is 5.91 Å². The van der Waals surface area contributed by atoms with Gasteiger partial charge < -0.3 is 11.1 Å². The molecule has 0 aliphatic carbocycles. The average Bonchev–Trinajstić information content (AvgIpc) is 3.36. The van der Waals surface area contributed by atoms with E-state index in [9.17, 15) is 26.4 Å². The van der Waals surface area contributed by atoms with E-state index in [0.29, 0.717) is 13.1 Å². The number of nitrogens with one attached hydrogen (secondary N) is 1. The molecule has 0 bridgehead atoms. The molecule has 1 heterocycles. The third-order valence-corrected chi connectivity index (χ3v) is 8.61. The van der Waals surface area contributed by atoms with E-state index in [4.69, 9.17) is 17.3 Å². The lowest BCUT2D eigenvalue weighted by atomic mass is 9.84. The van der Waals surface area contributed by atoms with Crippen LogP contribution in [0.2, 0.25) is 5.02 Å². The fraction of sp³-hybridized carbons (Fsp3) is 0.458. The van der Waals surface area contributed by atoms with Crippen LogP contribution in [0.3, 0.4) is 0 Å². The summed E-state index contributed by atoms with van der Waals surface area (Å²) in [5.41, 5.74) is 3.45. The number of nitrogens with zero attached hydrogens (tertiary/aromatic N) is 1. The number of likely N-dealkylation sites (tertiary alicyclic amines) is 1. The highest BCUT2D eigenvalue weighted by Gasteiger charge is 2.45. The molecule has 192 valence electrons. The van der Waals surface area contributed by atoms with Gasteiger partial charge in [0.2, 0.25) is 0 Å². The number of benzene rings is 2. The number of carbonyl (C=O) groups excluding carboxylic acids is 1. The van der Waals surface area contributed by atoms with Crippen LogP contribution in [-0.4, -0.2) is 44.6 Å². The second kappa shape index (κ2) is 10.5. The van der Waals surface area contributed by atoms with Gasteiger partial charge in [0, 0.05) is 18.1 Å². The Morgan fingerprint density at radius 1 is 1.17 bits per heavy atom. The first kappa shape index (κ1) is 27.4. The molecule has 2 aromatic carbocycles. The van der Waals surface area contributed by atoms with Crippen LogP contribution in [0, 0.1) is 0 Å². The number of alkyl halides is 3. The lowest BCUT2D eigenvalue weighted by molar-refractivity contribution is -0.139. The van der Waals surface area contributed by atoms with Gasteiger partial charge in [0.15, 0.2) is 9.84 Å². The molecule has 1 aliphatic rings. The summed E-state index contributed by atoms with van der Waals surface area (Å²) in [6, 6.07) is 8.01. The molecule has 1 saturated heterocycles. The second-order valence-electron chi connectivity index (χ2n) is 8.74. The van der Waals surface area contributed by atoms with Crippen molar-refractivity contribution < 1.29 is 26.4 Å². The van der Waals surface area contributed by atoms with Crippen LogP contribution in [-0.2, 0) is 28.1 Å². The maximum Gasteiger partial charge on any atom is 0.417 e. The van der Waals surface area contributed by atoms with Gasteiger partial charge in [-0.05, 0) is 68.2 Å². The van der Waals surface area contributed by atoms with Crippen LogP contribution in [0.5, 0.6) is 0 Å². The van der Waals surface area contributed by atoms with E-state index in [0.717, 1.165) is 18.9 Å². The van der Waals surface area contributed by atoms with E-state index in [-0.39, 0.29) is 39.9 Å². The van der Waals surface area contributed by atoms with Gasteiger partial charge in [-0.1, -0.05) is 30.7 Å². The molecule has 0 unspecified atom stereocenters. The molecule has 11 heteroatoms. The smallest absolute Gasteiger partial charge is 0.348 e. The Morgan fingerprint density at radius 3 is 2.40 bits per heavy atom. The van der Waals surface area contributed by atoms with Crippen molar-refractivity contribution in [3.05, 3.63) is 63.7 Å². The van der Waals surface area contributed by atoms with Crippen molar-refractivity contribution in [1.82, 2.24) is 10.2 Å². The summed E-state index contributed by atoms with van der Waals surface area (Å²) in [7, 11) is -3.64. The third-order valence-electron chi connectivity index (χ3n) is 6.55. The summed E-state index contributed by atoms with van der Waals surface area (Å²) in [5.74, 6) is -1.15. The van der Waals surface area contributed by atoms with Crippen LogP contribution in [0.4, 0.5) is 13.2 Å². The highest BCUT2D eigenvalue weighted by atomic mass is 35.5. The van der Waals surface area contributed by atoms with Gasteiger partial charge >= 0.3 is 6.18 Å². The van der Waals surface area contributed by atoms with E-state index >= 15 is 0 Å². The summed E-state index contributed by atoms with van der Waals surface area (Å²) in [5, 5.41) is 2.69. The fourth-order valence-electron chi connectivity index (χ4n) is 4.53. The predicted octanol–water partition coefficient (Wildman–Crippen LogP) is 4.35. The Hall–Kier alpha value is -2.14. The number of sulfone groups is 1. The van der Waals surface area contributed by atoms with Crippen molar-refractivity contribution in [3.63, 3.8) is 0 Å². The number of carbonyl (C=O) groups is 1. The Bertz CT molecular complexity index is 1200. The van der Waals surface area contributed by atoms with Crippen molar-refractivity contribution in [2.45, 2.75) is 49.8 Å². The number of halogens is 4. The Kier molecular flexibility index (Phi) is 8.20. The van der Waals surface area contributed by atoms with Crippen LogP contribution >= 0.6 is 11.6 Å². The highest BCUT2D eigenvalue weighted by Crippen LogP contribution is 2.42. The summed E-state index contributed by atoms with van der Waals surface area (Å²) in [6.45, 7) is 4.01. The molecule has 0 spiro atoms. The molecule has 1 aliphatic heterocycles. The molecule has 0 radical (unpaired) electrons. The van der Waals surface area contributed by atoms with E-state index < -0.39 is 38.6 Å². The van der Waals surface area contributed by atoms with Gasteiger partial charge in [-0.3, -0.25) is 9.69 Å². The zero-order valence-electron chi connectivity index (χ0n) is 19.6. The molecule has 2 aromatic rings. The molecular formula is C24H29ClF3N3O3S. The normalized spacial score (nSPS) is 16.8. The van der Waals surface area contributed by atoms with Gasteiger partial charge in [-0.25, -0.2) is 8.42 Å². The van der Waals surface area contributed by atoms with Crippen molar-refractivity contribution in [2.24, 2.45) is 5.73 Å². The zero-order valence-corrected chi connectivity index (χ0v) is 21.2. The first-order valence-corrected chi connectivity index (χ1v) is 13.3. The van der Waals surface area contributed by atoms with E-state index in [1.807, 2.05) is 4.90 Å². The summed E-state index contributed by atoms with van der Waals surface area (Å²) in [4.78, 5) is 14.9. The van der Waals surface area contributed by atoms with Gasteiger partial charge in [-0.15, -0.1) is 0 Å². The maximum atomic E-state index is 14.4. The van der Waals surface area contributed by atoms with Crippen LogP contribution < -0.4 is 11.1 Å². The van der Waals surface area contributed by atoms with Crippen molar-refractivity contribution in [3.8, 4) is 0 Å². The molecule has 0 aromatic heterocycles. The lowest BCUT2D eigenvalue weighted by Crippen LogP contribution is -2.49. The zero-order chi connectivity index (χ0) is 26.0. The number of nitrogens with two attached hydrogens (primary N) is 1. The molecule has 3 N–H and O–H groups in total. The maximum absolute atomic E-state index is 14.4. The minimum atomic E-state index is -4.81. The van der Waals surface area contributed by atoms with E-state index in [2.05, 4.69) is 5.32 Å². The Morgan fingerprint density at radius 2 is 1.83 bits per heavy atom. The number of rotatable bonds is 8. The molecule has 1 atom stereocenters. The first-order valence-electron chi connectivity index (χ1n) is 11.3. The van der Waals surface area contributed by atoms with Gasteiger partial charge in [0.1, 0.15) is 0 Å². The Balaban J connectivity index is 2.02. The molecule has 1 amide bonds. The summed E-state index contributed by atoms with van der Waals surface area (Å²) < 4.78 is 68.0. The van der Waals surface area contributed by atoms with Crippen LogP contribution in [0.15, 0.2) is 41.3 Å². The predicted molar refractivity (Wildman–Crippen MR) is 129 cm³/mol. The van der Waals surface area contributed by atoms with E-state index in [1.54, 1.807) is 6.92 Å². The van der Waals surface area contributed by atoms with Crippen LogP contribution in [0.25, 0.3) is 0 Å². The van der Waals surface area contributed by atoms with Crippen molar-refractivity contribution in [1.29, 1.82) is 0 Å². The number of hydrogen-bond donors (Lipinski definition) is 2. The highest BCUT2D eigenvalue weighted by molar-refractivity contribution is 7.91. The fourth-order valence-corrected chi connectivity index (χ4v) is 5.84. The molecule has 3 rings (SSSR count). The first-order chi connectivity index (χ1) is 16.3. The monoisotopic (exact) mass is 531 g/mol. The third kappa shape index (κ3) is 5.66. The standard InChI is InChI=1S/C24H29ClF3N3O3S/c1-3-35(33,34)20-10-9-17(25)13-16(20)14-30-22(32)18-7-6-8-19(21(18)24(26,27)28)23(2,15-29)31-11-4-5-12-31/h6-10,13H,3-5,11-12,14-15,29H2,1-2H3,(H,30,32)/t23-/m1/s1. The minimum Gasteiger partial charge on any atom is -0.348 e. The SMILES string of the molecule is CCS(=O)(=O)c1ccc(Cl)cc1CNC(=O)c1cccc([C@@](C)(CN)N2CCCC2)c1C(F)(F)F. The quantitative estimate of drug-likeness (QED) is 0.528. The Labute approximate surface area is 208 Å². The molecule has 1 fully saturated rings. The average molecular weight is 532 g/mol. The minimum absolute atomic E-state index is 0.0285. The van der Waals surface area contributed by atoms with Crippen molar-refractivity contribution >= 4 is 27.3 Å². The summed E-state index contributed by atoms with van der Waals surface area (Å²) >= 11 is 6.00. The van der Waals surface area contributed by atoms with E-state index in [1.165, 1.54) is 37.3 Å². The number of hydrogen-bond acceptors (Lipinski definition) is 5. The van der Waals surface area contributed by atoms with Crippen LogP contribution in [0.1, 0.15) is 53.7 Å². The number of amides is 1. The lowest BCUT2D eigenvalue weighted by Gasteiger charge is -2.40. The summed E-state index contributed by atoms with van der Waals surface area (Å²) in [6.07, 6.45) is -3.09. The molecule has 0 saturated carbocycles. The largest absolute Gasteiger partial charge is 0.417 e. The topological polar surface area (TPSA) is 92.5 Å². The van der Waals surface area contributed by atoms with Crippen molar-refractivity contribution in [2.75, 3.05) is 25.4 Å². The second-order valence-corrected chi connectivity index (χ2v) is 11.4.